The molecule has 1 aromatic heterocycles. The van der Waals surface area contributed by atoms with Crippen LogP contribution in [-0.2, 0) is 21.2 Å². The van der Waals surface area contributed by atoms with E-state index in [0.717, 1.165) is 30.2 Å². The van der Waals surface area contributed by atoms with Crippen molar-refractivity contribution in [2.24, 2.45) is 0 Å². The molecule has 8 nitrogen and oxygen atoms in total. The van der Waals surface area contributed by atoms with E-state index in [9.17, 15) is 13.2 Å². The number of carbonyl (C=O) groups is 1. The fourth-order valence-electron chi connectivity index (χ4n) is 1.91. The van der Waals surface area contributed by atoms with E-state index in [1.54, 1.807) is 0 Å². The molecule has 0 aliphatic heterocycles. The first-order chi connectivity index (χ1) is 8.79. The molecule has 0 spiro atoms. The van der Waals surface area contributed by atoms with Gasteiger partial charge in [0.15, 0.2) is 20.6 Å². The van der Waals surface area contributed by atoms with Crippen LogP contribution in [0.25, 0.3) is 0 Å². The molecule has 0 amide bonds. The molecule has 19 heavy (non-hydrogen) atoms. The van der Waals surface area contributed by atoms with Gasteiger partial charge in [-0.1, -0.05) is 0 Å². The van der Waals surface area contributed by atoms with Gasteiger partial charge in [-0.2, -0.15) is 5.10 Å². The number of carboxylic acids is 1. The number of carboxylic acid groups (broad SMARTS) is 1. The molecule has 0 aromatic carbocycles. The molecule has 1 saturated carbocycles. The number of aromatic nitrogens is 2. The van der Waals surface area contributed by atoms with Gasteiger partial charge in [0.05, 0.1) is 0 Å². The summed E-state index contributed by atoms with van der Waals surface area (Å²) >= 11 is 0. The topological polar surface area (TPSA) is 127 Å². The number of sulfone groups is 1. The van der Waals surface area contributed by atoms with Crippen molar-refractivity contribution in [2.75, 3.05) is 17.3 Å². The number of anilines is 2. The van der Waals surface area contributed by atoms with E-state index in [4.69, 9.17) is 10.8 Å². The molecule has 1 aromatic rings. The van der Waals surface area contributed by atoms with Crippen LogP contribution in [0.15, 0.2) is 4.90 Å². The first-order valence-corrected chi connectivity index (χ1v) is 7.73. The van der Waals surface area contributed by atoms with Crippen LogP contribution in [0, 0.1) is 0 Å². The highest BCUT2D eigenvalue weighted by Crippen LogP contribution is 2.30. The number of aliphatic carboxylic acids is 1. The van der Waals surface area contributed by atoms with Gasteiger partial charge in [0.1, 0.15) is 12.4 Å². The lowest BCUT2D eigenvalue weighted by atomic mass is 9.93. The number of rotatable bonds is 5. The van der Waals surface area contributed by atoms with E-state index < -0.39 is 22.4 Å². The fraction of sp³-hybridized carbons (Fsp3) is 0.600. The van der Waals surface area contributed by atoms with Gasteiger partial charge in [-0.3, -0.25) is 4.79 Å². The van der Waals surface area contributed by atoms with E-state index in [2.05, 4.69) is 10.4 Å². The van der Waals surface area contributed by atoms with Crippen molar-refractivity contribution in [3.05, 3.63) is 0 Å². The average Bonchev–Trinajstić information content (AvgIpc) is 2.48. The second-order valence-electron chi connectivity index (χ2n) is 4.66. The molecule has 1 aliphatic carbocycles. The van der Waals surface area contributed by atoms with Gasteiger partial charge in [0, 0.05) is 12.3 Å². The standard InChI is InChI=1S/C10H16N4O4S/c1-19(17,18)8-9(11)14(5-7(15)16)13-10(8)12-6-3-2-4-6/h6H,2-5,11H2,1H3,(H,12,13)(H,15,16). The summed E-state index contributed by atoms with van der Waals surface area (Å²) in [7, 11) is -3.57. The van der Waals surface area contributed by atoms with Gasteiger partial charge in [-0.25, -0.2) is 13.1 Å². The van der Waals surface area contributed by atoms with E-state index in [1.165, 1.54) is 0 Å². The molecule has 0 atom stereocenters. The number of nitrogens with zero attached hydrogens (tertiary/aromatic N) is 2. The lowest BCUT2D eigenvalue weighted by Crippen LogP contribution is -2.28. The molecule has 0 bridgehead atoms. The minimum Gasteiger partial charge on any atom is -0.480 e. The highest BCUT2D eigenvalue weighted by atomic mass is 32.2. The van der Waals surface area contributed by atoms with Crippen molar-refractivity contribution in [2.45, 2.75) is 36.7 Å². The van der Waals surface area contributed by atoms with Crippen LogP contribution < -0.4 is 11.1 Å². The Balaban J connectivity index is 2.41. The zero-order chi connectivity index (χ0) is 14.2. The quantitative estimate of drug-likeness (QED) is 0.691. The molecule has 9 heteroatoms. The first kappa shape index (κ1) is 13.7. The average molecular weight is 288 g/mol. The molecule has 1 aliphatic rings. The summed E-state index contributed by atoms with van der Waals surface area (Å²) in [5.74, 6) is -1.14. The Hall–Kier alpha value is -1.77. The minimum absolute atomic E-state index is 0.124. The second kappa shape index (κ2) is 4.72. The van der Waals surface area contributed by atoms with Crippen molar-refractivity contribution >= 4 is 27.4 Å². The third kappa shape index (κ3) is 2.80. The molecule has 106 valence electrons. The summed E-state index contributed by atoms with van der Waals surface area (Å²) < 4.78 is 24.5. The van der Waals surface area contributed by atoms with Crippen LogP contribution in [0.4, 0.5) is 11.6 Å². The molecule has 4 N–H and O–H groups in total. The number of nitrogen functional groups attached to an aromatic ring is 1. The highest BCUT2D eigenvalue weighted by molar-refractivity contribution is 7.91. The maximum Gasteiger partial charge on any atom is 0.325 e. The monoisotopic (exact) mass is 288 g/mol. The van der Waals surface area contributed by atoms with Crippen molar-refractivity contribution in [3.8, 4) is 0 Å². The van der Waals surface area contributed by atoms with Crippen LogP contribution >= 0.6 is 0 Å². The van der Waals surface area contributed by atoms with Gasteiger partial charge in [0.2, 0.25) is 0 Å². The van der Waals surface area contributed by atoms with Crippen LogP contribution in [0.1, 0.15) is 19.3 Å². The Morgan fingerprint density at radius 1 is 1.58 bits per heavy atom. The van der Waals surface area contributed by atoms with E-state index >= 15 is 0 Å². The van der Waals surface area contributed by atoms with E-state index in [0.29, 0.717) is 0 Å². The summed E-state index contributed by atoms with van der Waals surface area (Å²) in [5, 5.41) is 15.7. The normalized spacial score (nSPS) is 16.1. The predicted molar refractivity (Wildman–Crippen MR) is 68.6 cm³/mol. The molecular weight excluding hydrogens is 272 g/mol. The largest absolute Gasteiger partial charge is 0.480 e. The summed E-state index contributed by atoms with van der Waals surface area (Å²) in [5.41, 5.74) is 5.69. The lowest BCUT2D eigenvalue weighted by Gasteiger charge is -2.26. The van der Waals surface area contributed by atoms with E-state index in [-0.39, 0.29) is 22.6 Å². The smallest absolute Gasteiger partial charge is 0.325 e. The zero-order valence-electron chi connectivity index (χ0n) is 10.5. The SMILES string of the molecule is CS(=O)(=O)c1c(NC2CCC2)nn(CC(=O)O)c1N. The summed E-state index contributed by atoms with van der Waals surface area (Å²) in [6, 6.07) is 0.174. The Morgan fingerprint density at radius 3 is 2.63 bits per heavy atom. The third-order valence-corrected chi connectivity index (χ3v) is 4.19. The second-order valence-corrected chi connectivity index (χ2v) is 6.61. The Labute approximate surface area is 110 Å². The number of hydrogen-bond acceptors (Lipinski definition) is 6. The Morgan fingerprint density at radius 2 is 2.21 bits per heavy atom. The number of nitrogens with one attached hydrogen (secondary N) is 1. The summed E-state index contributed by atoms with van der Waals surface area (Å²) in [4.78, 5) is 10.6. The molecule has 0 radical (unpaired) electrons. The van der Waals surface area contributed by atoms with Gasteiger partial charge >= 0.3 is 5.97 Å². The molecule has 2 rings (SSSR count). The Kier molecular flexibility index (Phi) is 3.40. The van der Waals surface area contributed by atoms with E-state index in [1.807, 2.05) is 0 Å². The number of hydrogen-bond donors (Lipinski definition) is 3. The lowest BCUT2D eigenvalue weighted by molar-refractivity contribution is -0.137. The van der Waals surface area contributed by atoms with Crippen molar-refractivity contribution in [1.29, 1.82) is 0 Å². The molecule has 0 saturated heterocycles. The van der Waals surface area contributed by atoms with Crippen molar-refractivity contribution in [1.82, 2.24) is 9.78 Å². The van der Waals surface area contributed by atoms with Gasteiger partial charge in [0.25, 0.3) is 0 Å². The maximum atomic E-state index is 11.7. The highest BCUT2D eigenvalue weighted by Gasteiger charge is 2.28. The molecule has 1 fully saturated rings. The van der Waals surface area contributed by atoms with Crippen molar-refractivity contribution < 1.29 is 18.3 Å². The predicted octanol–water partition coefficient (Wildman–Crippen LogP) is -0.0822. The minimum atomic E-state index is -3.57. The van der Waals surface area contributed by atoms with Crippen LogP contribution in [0.2, 0.25) is 0 Å². The summed E-state index contributed by atoms with van der Waals surface area (Å²) in [6.07, 6.45) is 3.98. The maximum absolute atomic E-state index is 11.7. The Bertz CT molecular complexity index is 603. The van der Waals surface area contributed by atoms with Crippen LogP contribution in [0.3, 0.4) is 0 Å². The third-order valence-electron chi connectivity index (χ3n) is 3.05. The van der Waals surface area contributed by atoms with Crippen LogP contribution in [0.5, 0.6) is 0 Å². The van der Waals surface area contributed by atoms with Gasteiger partial charge in [-0.05, 0) is 19.3 Å². The van der Waals surface area contributed by atoms with Crippen LogP contribution in [-0.4, -0.2) is 41.6 Å². The van der Waals surface area contributed by atoms with Crippen molar-refractivity contribution in [3.63, 3.8) is 0 Å². The first-order valence-electron chi connectivity index (χ1n) is 5.83. The summed E-state index contributed by atoms with van der Waals surface area (Å²) in [6.45, 7) is -0.472. The zero-order valence-corrected chi connectivity index (χ0v) is 11.3. The molecule has 1 heterocycles. The fourth-order valence-corrected chi connectivity index (χ4v) is 2.85. The molecule has 0 unspecified atom stereocenters. The van der Waals surface area contributed by atoms with Gasteiger partial charge < -0.3 is 16.2 Å². The molecular formula is C10H16N4O4S. The number of nitrogens with two attached hydrogens (primary N) is 1. The van der Waals surface area contributed by atoms with Gasteiger partial charge in [-0.15, -0.1) is 0 Å².